The lowest BCUT2D eigenvalue weighted by atomic mass is 10.2. The summed E-state index contributed by atoms with van der Waals surface area (Å²) in [4.78, 5) is 11.8. The average Bonchev–Trinajstić information content (AvgIpc) is 2.38. The summed E-state index contributed by atoms with van der Waals surface area (Å²) in [6, 6.07) is 3.10. The van der Waals surface area contributed by atoms with Crippen molar-refractivity contribution in [2.75, 3.05) is 29.2 Å². The third-order valence-electron chi connectivity index (χ3n) is 2.47. The van der Waals surface area contributed by atoms with Gasteiger partial charge in [0.1, 0.15) is 0 Å². The van der Waals surface area contributed by atoms with Gasteiger partial charge in [0.25, 0.3) is 0 Å². The molecule has 0 fully saturated rings. The van der Waals surface area contributed by atoms with Crippen LogP contribution in [-0.4, -0.2) is 29.1 Å². The normalized spacial score (nSPS) is 10.6. The third kappa shape index (κ3) is 6.22. The van der Waals surface area contributed by atoms with Crippen LogP contribution in [0.3, 0.4) is 0 Å². The largest absolute Gasteiger partial charge is 0.399 e. The second kappa shape index (κ2) is 9.34. The van der Waals surface area contributed by atoms with Gasteiger partial charge in [-0.3, -0.25) is 4.79 Å². The Hall–Kier alpha value is -0.620. The van der Waals surface area contributed by atoms with E-state index < -0.39 is 0 Å². The highest BCUT2D eigenvalue weighted by Crippen LogP contribution is 2.32. The minimum Gasteiger partial charge on any atom is -0.399 e. The van der Waals surface area contributed by atoms with Gasteiger partial charge in [0.15, 0.2) is 0 Å². The topological polar surface area (TPSA) is 75.3 Å². The van der Waals surface area contributed by atoms with Gasteiger partial charge in [-0.2, -0.15) is 11.8 Å². The maximum atomic E-state index is 11.8. The van der Waals surface area contributed by atoms with Crippen molar-refractivity contribution in [2.45, 2.75) is 19.3 Å². The van der Waals surface area contributed by atoms with Crippen LogP contribution in [0.25, 0.3) is 0 Å². The minimum absolute atomic E-state index is 0.124. The number of aliphatic hydroxyl groups excluding tert-OH is 1. The van der Waals surface area contributed by atoms with E-state index in [0.29, 0.717) is 27.8 Å². The van der Waals surface area contributed by atoms with Crippen LogP contribution in [0.4, 0.5) is 11.4 Å². The molecule has 1 amide bonds. The Morgan fingerprint density at radius 1 is 1.25 bits per heavy atom. The van der Waals surface area contributed by atoms with Crippen LogP contribution in [0.5, 0.6) is 0 Å². The number of anilines is 2. The molecule has 1 rings (SSSR count). The molecule has 0 aliphatic heterocycles. The first-order chi connectivity index (χ1) is 9.54. The fourth-order valence-corrected chi connectivity index (χ4v) is 3.00. The Morgan fingerprint density at radius 3 is 2.45 bits per heavy atom. The predicted octanol–water partition coefficient (Wildman–Crippen LogP) is 3.41. The zero-order valence-corrected chi connectivity index (χ0v) is 13.3. The van der Waals surface area contributed by atoms with Gasteiger partial charge in [-0.1, -0.05) is 23.2 Å². The summed E-state index contributed by atoms with van der Waals surface area (Å²) < 4.78 is 0. The number of thioether (sulfide) groups is 1. The van der Waals surface area contributed by atoms with Crippen LogP contribution in [-0.2, 0) is 4.79 Å². The van der Waals surface area contributed by atoms with Gasteiger partial charge in [-0.15, -0.1) is 0 Å². The van der Waals surface area contributed by atoms with Gasteiger partial charge in [0.2, 0.25) is 5.91 Å². The summed E-state index contributed by atoms with van der Waals surface area (Å²) in [5.41, 5.74) is 6.46. The quantitative estimate of drug-likeness (QED) is 0.502. The van der Waals surface area contributed by atoms with Crippen LogP contribution in [0.15, 0.2) is 12.1 Å². The summed E-state index contributed by atoms with van der Waals surface area (Å²) in [5.74, 6) is 1.67. The number of rotatable bonds is 8. The van der Waals surface area contributed by atoms with Crippen LogP contribution in [0.2, 0.25) is 10.0 Å². The molecular weight excluding hydrogens is 319 g/mol. The molecule has 0 bridgehead atoms. The summed E-state index contributed by atoms with van der Waals surface area (Å²) in [6.07, 6.45) is 1.96. The highest BCUT2D eigenvalue weighted by atomic mass is 35.5. The summed E-state index contributed by atoms with van der Waals surface area (Å²) in [6.45, 7) is 0.210. The van der Waals surface area contributed by atoms with Gasteiger partial charge < -0.3 is 16.2 Å². The van der Waals surface area contributed by atoms with Crippen molar-refractivity contribution < 1.29 is 9.90 Å². The number of hydrogen-bond donors (Lipinski definition) is 3. The van der Waals surface area contributed by atoms with Crippen LogP contribution < -0.4 is 11.1 Å². The van der Waals surface area contributed by atoms with Crippen molar-refractivity contribution >= 4 is 52.2 Å². The molecule has 20 heavy (non-hydrogen) atoms. The minimum atomic E-state index is -0.124. The van der Waals surface area contributed by atoms with Gasteiger partial charge in [0, 0.05) is 18.7 Å². The van der Waals surface area contributed by atoms with Crippen LogP contribution >= 0.6 is 35.0 Å². The van der Waals surface area contributed by atoms with Gasteiger partial charge in [-0.05, 0) is 36.5 Å². The SMILES string of the molecule is Nc1cc(Cl)c(NC(=O)CCCSCCCO)c(Cl)c1. The Labute approximate surface area is 133 Å². The Morgan fingerprint density at radius 2 is 1.85 bits per heavy atom. The van der Waals surface area contributed by atoms with Gasteiger partial charge >= 0.3 is 0 Å². The first-order valence-electron chi connectivity index (χ1n) is 6.27. The lowest BCUT2D eigenvalue weighted by Crippen LogP contribution is -2.12. The molecule has 0 saturated heterocycles. The van der Waals surface area contributed by atoms with E-state index in [4.69, 9.17) is 34.0 Å². The molecule has 0 spiro atoms. The lowest BCUT2D eigenvalue weighted by molar-refractivity contribution is -0.116. The number of halogens is 2. The van der Waals surface area contributed by atoms with Crippen LogP contribution in [0.1, 0.15) is 19.3 Å². The lowest BCUT2D eigenvalue weighted by Gasteiger charge is -2.10. The fraction of sp³-hybridized carbons (Fsp3) is 0.462. The Kier molecular flexibility index (Phi) is 8.14. The Balaban J connectivity index is 2.36. The molecule has 1 aromatic rings. The highest BCUT2D eigenvalue weighted by molar-refractivity contribution is 7.99. The number of carbonyl (C=O) groups excluding carboxylic acids is 1. The zero-order chi connectivity index (χ0) is 15.0. The van der Waals surface area contributed by atoms with E-state index in [9.17, 15) is 4.79 Å². The number of aliphatic hydroxyl groups is 1. The average molecular weight is 337 g/mol. The zero-order valence-electron chi connectivity index (χ0n) is 11.0. The number of benzene rings is 1. The van der Waals surface area contributed by atoms with Gasteiger partial charge in [0.05, 0.1) is 15.7 Å². The van der Waals surface area contributed by atoms with E-state index in [1.54, 1.807) is 23.9 Å². The number of nitrogen functional groups attached to an aromatic ring is 1. The van der Waals surface area contributed by atoms with Crippen molar-refractivity contribution in [1.82, 2.24) is 0 Å². The number of amides is 1. The molecule has 0 aliphatic carbocycles. The summed E-state index contributed by atoms with van der Waals surface area (Å²) in [5, 5.41) is 12.0. The van der Waals surface area contributed by atoms with E-state index in [1.807, 2.05) is 0 Å². The fourth-order valence-electron chi connectivity index (χ4n) is 1.52. The highest BCUT2D eigenvalue weighted by Gasteiger charge is 2.10. The molecule has 0 aliphatic rings. The molecule has 0 saturated carbocycles. The molecule has 0 heterocycles. The molecule has 7 heteroatoms. The molecule has 112 valence electrons. The number of hydrogen-bond acceptors (Lipinski definition) is 4. The van der Waals surface area contributed by atoms with Crippen molar-refractivity contribution in [3.05, 3.63) is 22.2 Å². The Bertz CT molecular complexity index is 435. The van der Waals surface area contributed by atoms with Crippen LogP contribution in [0, 0.1) is 0 Å². The molecule has 1 aromatic carbocycles. The predicted molar refractivity (Wildman–Crippen MR) is 87.8 cm³/mol. The van der Waals surface area contributed by atoms with Crippen molar-refractivity contribution in [3.63, 3.8) is 0 Å². The van der Waals surface area contributed by atoms with Crippen molar-refractivity contribution in [1.29, 1.82) is 0 Å². The molecule has 0 radical (unpaired) electrons. The first-order valence-corrected chi connectivity index (χ1v) is 8.18. The number of carbonyl (C=O) groups is 1. The van der Waals surface area contributed by atoms with E-state index in [0.717, 1.165) is 24.3 Å². The summed E-state index contributed by atoms with van der Waals surface area (Å²) >= 11 is 13.7. The molecule has 0 aromatic heterocycles. The molecular formula is C13H18Cl2N2O2S. The maximum Gasteiger partial charge on any atom is 0.224 e. The molecule has 4 N–H and O–H groups in total. The van der Waals surface area contributed by atoms with Crippen molar-refractivity contribution in [3.8, 4) is 0 Å². The monoisotopic (exact) mass is 336 g/mol. The van der Waals surface area contributed by atoms with Gasteiger partial charge in [-0.25, -0.2) is 0 Å². The van der Waals surface area contributed by atoms with E-state index in [2.05, 4.69) is 5.32 Å². The van der Waals surface area contributed by atoms with E-state index >= 15 is 0 Å². The van der Waals surface area contributed by atoms with Crippen molar-refractivity contribution in [2.24, 2.45) is 0 Å². The van der Waals surface area contributed by atoms with E-state index in [1.165, 1.54) is 0 Å². The number of nitrogens with two attached hydrogens (primary N) is 1. The second-order valence-electron chi connectivity index (χ2n) is 4.20. The summed E-state index contributed by atoms with van der Waals surface area (Å²) in [7, 11) is 0. The molecule has 0 atom stereocenters. The molecule has 0 unspecified atom stereocenters. The number of nitrogens with one attached hydrogen (secondary N) is 1. The standard InChI is InChI=1S/C13H18Cl2N2O2S/c14-10-7-9(16)8-11(15)13(10)17-12(19)3-1-5-20-6-2-4-18/h7-8,18H,1-6,16H2,(H,17,19). The third-order valence-corrected chi connectivity index (χ3v) is 4.22. The second-order valence-corrected chi connectivity index (χ2v) is 6.24. The smallest absolute Gasteiger partial charge is 0.224 e. The molecule has 4 nitrogen and oxygen atoms in total. The van der Waals surface area contributed by atoms with E-state index in [-0.39, 0.29) is 12.5 Å². The first kappa shape index (κ1) is 17.4. The maximum absolute atomic E-state index is 11.8.